The molecule has 0 aliphatic carbocycles. The minimum Gasteiger partial charge on any atom is -0.350 e. The SMILES string of the molecule is CS(=O)(=O)N1CCC(C(=O)NCc2cn(-c3ccsc3)nn2)CC1. The maximum absolute atomic E-state index is 12.2. The smallest absolute Gasteiger partial charge is 0.223 e. The van der Waals surface area contributed by atoms with Crippen molar-refractivity contribution in [1.29, 1.82) is 0 Å². The van der Waals surface area contributed by atoms with E-state index in [0.717, 1.165) is 5.69 Å². The summed E-state index contributed by atoms with van der Waals surface area (Å²) in [6, 6.07) is 1.94. The van der Waals surface area contributed by atoms with Gasteiger partial charge < -0.3 is 5.32 Å². The van der Waals surface area contributed by atoms with E-state index in [1.807, 2.05) is 16.8 Å². The number of amides is 1. The molecule has 130 valence electrons. The molecule has 10 heteroatoms. The molecular formula is C14H19N5O3S2. The molecule has 0 aromatic carbocycles. The lowest BCUT2D eigenvalue weighted by Gasteiger charge is -2.29. The first-order valence-electron chi connectivity index (χ1n) is 7.60. The van der Waals surface area contributed by atoms with Crippen molar-refractivity contribution < 1.29 is 13.2 Å². The highest BCUT2D eigenvalue weighted by atomic mass is 32.2. The van der Waals surface area contributed by atoms with Crippen LogP contribution in [0.2, 0.25) is 0 Å². The van der Waals surface area contributed by atoms with Crippen molar-refractivity contribution in [2.75, 3.05) is 19.3 Å². The predicted molar refractivity (Wildman–Crippen MR) is 90.2 cm³/mol. The van der Waals surface area contributed by atoms with Gasteiger partial charge in [-0.2, -0.15) is 11.3 Å². The number of nitrogens with zero attached hydrogens (tertiary/aromatic N) is 4. The Kier molecular flexibility index (Phi) is 4.97. The highest BCUT2D eigenvalue weighted by molar-refractivity contribution is 7.88. The molecule has 0 saturated carbocycles. The molecule has 8 nitrogen and oxygen atoms in total. The van der Waals surface area contributed by atoms with Crippen molar-refractivity contribution in [3.8, 4) is 5.69 Å². The van der Waals surface area contributed by atoms with Crippen molar-refractivity contribution in [2.45, 2.75) is 19.4 Å². The topological polar surface area (TPSA) is 97.2 Å². The molecule has 1 aliphatic rings. The van der Waals surface area contributed by atoms with Crippen molar-refractivity contribution >= 4 is 27.3 Å². The molecule has 2 aromatic rings. The van der Waals surface area contributed by atoms with E-state index in [2.05, 4.69) is 15.6 Å². The Morgan fingerprint density at radius 2 is 2.17 bits per heavy atom. The lowest BCUT2D eigenvalue weighted by molar-refractivity contribution is -0.126. The van der Waals surface area contributed by atoms with Crippen molar-refractivity contribution in [1.82, 2.24) is 24.6 Å². The van der Waals surface area contributed by atoms with Crippen LogP contribution < -0.4 is 5.32 Å². The molecule has 24 heavy (non-hydrogen) atoms. The summed E-state index contributed by atoms with van der Waals surface area (Å²) in [7, 11) is -3.17. The zero-order chi connectivity index (χ0) is 17.2. The van der Waals surface area contributed by atoms with Crippen molar-refractivity contribution in [2.24, 2.45) is 5.92 Å². The van der Waals surface area contributed by atoms with E-state index >= 15 is 0 Å². The molecule has 0 unspecified atom stereocenters. The zero-order valence-corrected chi connectivity index (χ0v) is 14.9. The second kappa shape index (κ2) is 6.99. The standard InChI is InChI=1S/C14H19N5O3S2/c1-24(21,22)18-5-2-11(3-6-18)14(20)15-8-12-9-19(17-16-12)13-4-7-23-10-13/h4,7,9-11H,2-3,5-6,8H2,1H3,(H,15,20). The first kappa shape index (κ1) is 17.1. The van der Waals surface area contributed by atoms with E-state index in [9.17, 15) is 13.2 Å². The van der Waals surface area contributed by atoms with Gasteiger partial charge in [0.25, 0.3) is 0 Å². The first-order valence-corrected chi connectivity index (χ1v) is 10.4. The van der Waals surface area contributed by atoms with Crippen LogP contribution in [-0.2, 0) is 21.4 Å². The van der Waals surface area contributed by atoms with Crippen LogP contribution in [0.25, 0.3) is 5.69 Å². The van der Waals surface area contributed by atoms with Crippen LogP contribution in [0.5, 0.6) is 0 Å². The van der Waals surface area contributed by atoms with E-state index in [0.29, 0.717) is 38.2 Å². The molecule has 3 heterocycles. The molecular weight excluding hydrogens is 350 g/mol. The van der Waals surface area contributed by atoms with E-state index in [1.165, 1.54) is 10.6 Å². The summed E-state index contributed by atoms with van der Waals surface area (Å²) < 4.78 is 26.1. The monoisotopic (exact) mass is 369 g/mol. The van der Waals surface area contributed by atoms with Crippen molar-refractivity contribution in [3.05, 3.63) is 28.7 Å². The summed E-state index contributed by atoms with van der Waals surface area (Å²) >= 11 is 1.58. The fourth-order valence-electron chi connectivity index (χ4n) is 2.66. The van der Waals surface area contributed by atoms with Crippen LogP contribution >= 0.6 is 11.3 Å². The highest BCUT2D eigenvalue weighted by Crippen LogP contribution is 2.19. The second-order valence-corrected chi connectivity index (χ2v) is 8.55. The Labute approximate surface area is 144 Å². The van der Waals surface area contributed by atoms with E-state index < -0.39 is 10.0 Å². The van der Waals surface area contributed by atoms with Gasteiger partial charge in [0.15, 0.2) is 0 Å². The van der Waals surface area contributed by atoms with Crippen LogP contribution in [0.1, 0.15) is 18.5 Å². The summed E-state index contributed by atoms with van der Waals surface area (Å²) in [5, 5.41) is 14.9. The number of hydrogen-bond donors (Lipinski definition) is 1. The number of sulfonamides is 1. The Morgan fingerprint density at radius 1 is 1.42 bits per heavy atom. The fraction of sp³-hybridized carbons (Fsp3) is 0.500. The third-order valence-corrected chi connectivity index (χ3v) is 6.02. The largest absolute Gasteiger partial charge is 0.350 e. The van der Waals surface area contributed by atoms with Crippen LogP contribution in [-0.4, -0.2) is 53.0 Å². The predicted octanol–water partition coefficient (Wildman–Crippen LogP) is 0.617. The minimum atomic E-state index is -3.17. The Morgan fingerprint density at radius 3 is 2.79 bits per heavy atom. The maximum Gasteiger partial charge on any atom is 0.223 e. The summed E-state index contributed by atoms with van der Waals surface area (Å²) in [6.07, 6.45) is 4.07. The van der Waals surface area contributed by atoms with Gasteiger partial charge in [0.1, 0.15) is 5.69 Å². The molecule has 1 N–H and O–H groups in total. The maximum atomic E-state index is 12.2. The highest BCUT2D eigenvalue weighted by Gasteiger charge is 2.28. The van der Waals surface area contributed by atoms with Gasteiger partial charge in [0.05, 0.1) is 24.7 Å². The van der Waals surface area contributed by atoms with Gasteiger partial charge in [0, 0.05) is 24.4 Å². The molecule has 0 radical (unpaired) electrons. The zero-order valence-electron chi connectivity index (χ0n) is 13.3. The van der Waals surface area contributed by atoms with Crippen LogP contribution in [0, 0.1) is 5.92 Å². The first-order chi connectivity index (χ1) is 11.4. The third-order valence-electron chi connectivity index (χ3n) is 4.05. The molecule has 1 amide bonds. The summed E-state index contributed by atoms with van der Waals surface area (Å²) in [5.41, 5.74) is 1.63. The summed E-state index contributed by atoms with van der Waals surface area (Å²) in [6.45, 7) is 1.10. The Bertz CT molecular complexity index is 792. The van der Waals surface area contributed by atoms with Gasteiger partial charge in [0.2, 0.25) is 15.9 Å². The number of hydrogen-bond acceptors (Lipinski definition) is 6. The van der Waals surface area contributed by atoms with E-state index in [-0.39, 0.29) is 11.8 Å². The van der Waals surface area contributed by atoms with Crippen LogP contribution in [0.3, 0.4) is 0 Å². The molecule has 0 spiro atoms. The van der Waals surface area contributed by atoms with Gasteiger partial charge in [-0.25, -0.2) is 17.4 Å². The number of rotatable bonds is 5. The molecule has 3 rings (SSSR count). The molecule has 0 bridgehead atoms. The Balaban J connectivity index is 1.50. The van der Waals surface area contributed by atoms with E-state index in [4.69, 9.17) is 0 Å². The fourth-order valence-corrected chi connectivity index (χ4v) is 4.16. The molecule has 1 aliphatic heterocycles. The summed E-state index contributed by atoms with van der Waals surface area (Å²) in [4.78, 5) is 12.2. The van der Waals surface area contributed by atoms with E-state index in [1.54, 1.807) is 22.2 Å². The average molecular weight is 369 g/mol. The normalized spacial score (nSPS) is 17.0. The van der Waals surface area contributed by atoms with Gasteiger partial charge in [-0.05, 0) is 24.3 Å². The third kappa shape index (κ3) is 4.00. The van der Waals surface area contributed by atoms with Crippen molar-refractivity contribution in [3.63, 3.8) is 0 Å². The average Bonchev–Trinajstić information content (AvgIpc) is 3.23. The second-order valence-electron chi connectivity index (χ2n) is 5.79. The number of nitrogens with one attached hydrogen (secondary N) is 1. The number of aromatic nitrogens is 3. The number of thiophene rings is 1. The lowest BCUT2D eigenvalue weighted by Crippen LogP contribution is -2.42. The van der Waals surface area contributed by atoms with Crippen LogP contribution in [0.15, 0.2) is 23.0 Å². The van der Waals surface area contributed by atoms with Gasteiger partial charge in [-0.3, -0.25) is 4.79 Å². The van der Waals surface area contributed by atoms with Gasteiger partial charge >= 0.3 is 0 Å². The van der Waals surface area contributed by atoms with Gasteiger partial charge in [-0.1, -0.05) is 5.21 Å². The van der Waals surface area contributed by atoms with Gasteiger partial charge in [-0.15, -0.1) is 5.10 Å². The number of piperidine rings is 1. The Hall–Kier alpha value is -1.78. The molecule has 1 saturated heterocycles. The molecule has 0 atom stereocenters. The molecule has 2 aromatic heterocycles. The minimum absolute atomic E-state index is 0.0618. The summed E-state index contributed by atoms with van der Waals surface area (Å²) in [5.74, 6) is -0.219. The lowest BCUT2D eigenvalue weighted by atomic mass is 9.97. The number of carbonyl (C=O) groups is 1. The molecule has 1 fully saturated rings. The quantitative estimate of drug-likeness (QED) is 0.833. The van der Waals surface area contributed by atoms with Crippen LogP contribution in [0.4, 0.5) is 0 Å². The number of carbonyl (C=O) groups excluding carboxylic acids is 1.